The summed E-state index contributed by atoms with van der Waals surface area (Å²) in [5, 5.41) is 11.7. The van der Waals surface area contributed by atoms with Crippen molar-refractivity contribution in [2.24, 2.45) is 11.8 Å². The van der Waals surface area contributed by atoms with Crippen molar-refractivity contribution in [2.75, 3.05) is 19.6 Å². The average Bonchev–Trinajstić information content (AvgIpc) is 2.38. The van der Waals surface area contributed by atoms with Crippen LogP contribution in [-0.2, 0) is 11.2 Å². The molecule has 1 fully saturated rings. The molecule has 1 unspecified atom stereocenters. The first-order valence-electron chi connectivity index (χ1n) is 6.72. The molecule has 1 aromatic rings. The maximum absolute atomic E-state index is 11.8. The zero-order valence-electron chi connectivity index (χ0n) is 11.5. The van der Waals surface area contributed by atoms with Crippen LogP contribution in [0.3, 0.4) is 0 Å². The molecule has 6 nitrogen and oxygen atoms in total. The van der Waals surface area contributed by atoms with Crippen LogP contribution in [0.15, 0.2) is 24.5 Å². The Kier molecular flexibility index (Phi) is 4.55. The fourth-order valence-electron chi connectivity index (χ4n) is 2.17. The summed E-state index contributed by atoms with van der Waals surface area (Å²) >= 11 is 0. The van der Waals surface area contributed by atoms with Crippen LogP contribution in [0.5, 0.6) is 0 Å². The van der Waals surface area contributed by atoms with Crippen molar-refractivity contribution in [2.45, 2.75) is 13.3 Å². The third-order valence-corrected chi connectivity index (χ3v) is 3.73. The molecule has 0 aliphatic carbocycles. The van der Waals surface area contributed by atoms with Crippen LogP contribution in [0.2, 0.25) is 0 Å². The summed E-state index contributed by atoms with van der Waals surface area (Å²) < 4.78 is 0. The van der Waals surface area contributed by atoms with Crippen LogP contribution in [0.25, 0.3) is 0 Å². The summed E-state index contributed by atoms with van der Waals surface area (Å²) in [4.78, 5) is 28.2. The summed E-state index contributed by atoms with van der Waals surface area (Å²) in [6.45, 7) is 3.30. The van der Waals surface area contributed by atoms with Gasteiger partial charge in [-0.25, -0.2) is 4.79 Å². The molecule has 2 rings (SSSR count). The van der Waals surface area contributed by atoms with Gasteiger partial charge in [0.2, 0.25) is 0 Å². The molecule has 1 atom stereocenters. The van der Waals surface area contributed by atoms with Gasteiger partial charge in [-0.1, -0.05) is 6.92 Å². The summed E-state index contributed by atoms with van der Waals surface area (Å²) in [5.41, 5.74) is 1.13. The van der Waals surface area contributed by atoms with Gasteiger partial charge in [0, 0.05) is 37.9 Å². The number of carboxylic acids is 1. The number of urea groups is 1. The first kappa shape index (κ1) is 14.3. The second-order valence-electron chi connectivity index (χ2n) is 5.13. The van der Waals surface area contributed by atoms with Gasteiger partial charge in [-0.2, -0.15) is 0 Å². The average molecular weight is 277 g/mol. The number of hydrogen-bond donors (Lipinski definition) is 2. The number of amides is 2. The van der Waals surface area contributed by atoms with Crippen molar-refractivity contribution in [1.29, 1.82) is 0 Å². The van der Waals surface area contributed by atoms with Gasteiger partial charge in [-0.3, -0.25) is 9.78 Å². The van der Waals surface area contributed by atoms with Gasteiger partial charge in [0.25, 0.3) is 0 Å². The van der Waals surface area contributed by atoms with Gasteiger partial charge >= 0.3 is 12.0 Å². The van der Waals surface area contributed by atoms with E-state index in [0.717, 1.165) is 12.0 Å². The lowest BCUT2D eigenvalue weighted by Gasteiger charge is -2.41. The highest BCUT2D eigenvalue weighted by molar-refractivity contribution is 5.76. The van der Waals surface area contributed by atoms with Crippen LogP contribution in [-0.4, -0.2) is 46.6 Å². The number of aromatic nitrogens is 1. The Labute approximate surface area is 117 Å². The standard InChI is InChI=1S/C14H19N3O3/c1-10(13(18)19)12-8-17(9-12)14(20)16-7-4-11-2-5-15-6-3-11/h2-3,5-6,10,12H,4,7-9H2,1H3,(H,16,20)(H,18,19). The number of pyridine rings is 1. The highest BCUT2D eigenvalue weighted by Crippen LogP contribution is 2.23. The number of aliphatic carboxylic acids is 1. The lowest BCUT2D eigenvalue weighted by Crippen LogP contribution is -2.56. The van der Waals surface area contributed by atoms with E-state index in [-0.39, 0.29) is 11.9 Å². The van der Waals surface area contributed by atoms with E-state index in [9.17, 15) is 9.59 Å². The number of nitrogens with zero attached hydrogens (tertiary/aromatic N) is 2. The summed E-state index contributed by atoms with van der Waals surface area (Å²) in [7, 11) is 0. The second kappa shape index (κ2) is 6.36. The minimum atomic E-state index is -0.798. The predicted octanol–water partition coefficient (Wildman–Crippen LogP) is 0.986. The number of likely N-dealkylation sites (tertiary alicyclic amines) is 1. The maximum atomic E-state index is 11.8. The second-order valence-corrected chi connectivity index (χ2v) is 5.13. The Bertz CT molecular complexity index is 472. The summed E-state index contributed by atoms with van der Waals surface area (Å²) in [6, 6.07) is 3.72. The van der Waals surface area contributed by atoms with E-state index in [4.69, 9.17) is 5.11 Å². The van der Waals surface area contributed by atoms with E-state index < -0.39 is 11.9 Å². The van der Waals surface area contributed by atoms with Crippen molar-refractivity contribution in [3.8, 4) is 0 Å². The highest BCUT2D eigenvalue weighted by atomic mass is 16.4. The Balaban J connectivity index is 1.66. The van der Waals surface area contributed by atoms with Gasteiger partial charge in [-0.05, 0) is 24.1 Å². The molecule has 2 N–H and O–H groups in total. The molecule has 1 aliphatic rings. The predicted molar refractivity (Wildman–Crippen MR) is 73.2 cm³/mol. The Hall–Kier alpha value is -2.11. The van der Waals surface area contributed by atoms with Crippen molar-refractivity contribution in [3.05, 3.63) is 30.1 Å². The molecule has 0 radical (unpaired) electrons. The van der Waals surface area contributed by atoms with Crippen molar-refractivity contribution < 1.29 is 14.7 Å². The van der Waals surface area contributed by atoms with E-state index in [2.05, 4.69) is 10.3 Å². The Morgan fingerprint density at radius 1 is 1.45 bits per heavy atom. The molecule has 0 aromatic carbocycles. The molecule has 6 heteroatoms. The lowest BCUT2D eigenvalue weighted by atomic mass is 9.87. The molecular weight excluding hydrogens is 258 g/mol. The van der Waals surface area contributed by atoms with Gasteiger partial charge in [0.15, 0.2) is 0 Å². The van der Waals surface area contributed by atoms with E-state index in [1.165, 1.54) is 0 Å². The molecule has 1 aromatic heterocycles. The lowest BCUT2D eigenvalue weighted by molar-refractivity contribution is -0.144. The zero-order chi connectivity index (χ0) is 14.5. The fraction of sp³-hybridized carbons (Fsp3) is 0.500. The minimum Gasteiger partial charge on any atom is -0.481 e. The molecule has 1 saturated heterocycles. The van der Waals surface area contributed by atoms with Gasteiger partial charge in [0.1, 0.15) is 0 Å². The number of carbonyl (C=O) groups excluding carboxylic acids is 1. The molecule has 2 amide bonds. The largest absolute Gasteiger partial charge is 0.481 e. The number of hydrogen-bond acceptors (Lipinski definition) is 3. The van der Waals surface area contributed by atoms with Crippen LogP contribution in [0, 0.1) is 11.8 Å². The van der Waals surface area contributed by atoms with Crippen LogP contribution in [0.4, 0.5) is 4.79 Å². The third-order valence-electron chi connectivity index (χ3n) is 3.73. The smallest absolute Gasteiger partial charge is 0.317 e. The minimum absolute atomic E-state index is 0.0680. The van der Waals surface area contributed by atoms with Crippen LogP contribution < -0.4 is 5.32 Å². The summed E-state index contributed by atoms with van der Waals surface area (Å²) in [6.07, 6.45) is 4.21. The molecule has 108 valence electrons. The van der Waals surface area contributed by atoms with Crippen LogP contribution in [0.1, 0.15) is 12.5 Å². The van der Waals surface area contributed by atoms with Gasteiger partial charge in [0.05, 0.1) is 5.92 Å². The fourth-order valence-corrected chi connectivity index (χ4v) is 2.17. The number of nitrogens with one attached hydrogen (secondary N) is 1. The monoisotopic (exact) mass is 277 g/mol. The molecule has 0 bridgehead atoms. The molecule has 20 heavy (non-hydrogen) atoms. The maximum Gasteiger partial charge on any atom is 0.317 e. The van der Waals surface area contributed by atoms with Gasteiger partial charge < -0.3 is 15.3 Å². The Morgan fingerprint density at radius 2 is 2.10 bits per heavy atom. The first-order valence-corrected chi connectivity index (χ1v) is 6.72. The van der Waals surface area contributed by atoms with E-state index in [1.807, 2.05) is 12.1 Å². The number of carboxylic acid groups (broad SMARTS) is 1. The number of rotatable bonds is 5. The molecular formula is C14H19N3O3. The van der Waals surface area contributed by atoms with E-state index in [0.29, 0.717) is 19.6 Å². The normalized spacial score (nSPS) is 16.4. The molecule has 0 saturated carbocycles. The van der Waals surface area contributed by atoms with E-state index in [1.54, 1.807) is 24.2 Å². The first-order chi connectivity index (χ1) is 9.58. The summed E-state index contributed by atoms with van der Waals surface area (Å²) in [5.74, 6) is -1.12. The quantitative estimate of drug-likeness (QED) is 0.840. The third kappa shape index (κ3) is 3.46. The zero-order valence-corrected chi connectivity index (χ0v) is 11.5. The SMILES string of the molecule is CC(C(=O)O)C1CN(C(=O)NCCc2ccncc2)C1. The topological polar surface area (TPSA) is 82.5 Å². The molecule has 1 aliphatic heterocycles. The van der Waals surface area contributed by atoms with E-state index >= 15 is 0 Å². The number of carbonyl (C=O) groups is 2. The van der Waals surface area contributed by atoms with Crippen molar-refractivity contribution in [3.63, 3.8) is 0 Å². The highest BCUT2D eigenvalue weighted by Gasteiger charge is 2.36. The Morgan fingerprint density at radius 3 is 2.70 bits per heavy atom. The molecule has 2 heterocycles. The van der Waals surface area contributed by atoms with Crippen molar-refractivity contribution >= 4 is 12.0 Å². The molecule has 0 spiro atoms. The van der Waals surface area contributed by atoms with Crippen molar-refractivity contribution in [1.82, 2.24) is 15.2 Å². The van der Waals surface area contributed by atoms with Gasteiger partial charge in [-0.15, -0.1) is 0 Å². The van der Waals surface area contributed by atoms with Crippen LogP contribution >= 0.6 is 0 Å².